The third kappa shape index (κ3) is 10.7. The number of esters is 6. The molecule has 4 atom stereocenters. The number of hydrogen-bond acceptors (Lipinski definition) is 14. The van der Waals surface area contributed by atoms with Gasteiger partial charge in [-0.05, 0) is 135 Å². The lowest BCUT2D eigenvalue weighted by atomic mass is 9.39. The minimum absolute atomic E-state index is 0.240. The molecule has 360 valence electrons. The predicted molar refractivity (Wildman–Crippen MR) is 235 cm³/mol. The molecule has 12 aliphatic rings. The van der Waals surface area contributed by atoms with Crippen molar-refractivity contribution >= 4 is 35.8 Å². The molecule has 12 fully saturated rings. The molecular formula is C51H72O14. The summed E-state index contributed by atoms with van der Waals surface area (Å²) >= 11 is 0. The molecule has 12 rings (SSSR count). The van der Waals surface area contributed by atoms with Crippen LogP contribution in [0, 0.1) is 38.4 Å². The molecule has 0 aromatic heterocycles. The third-order valence-electron chi connectivity index (χ3n) is 16.1. The van der Waals surface area contributed by atoms with Gasteiger partial charge in [0, 0.05) is 37.5 Å². The molecule has 2 N–H and O–H groups in total. The van der Waals surface area contributed by atoms with E-state index in [9.17, 15) is 39.0 Å². The molecule has 0 aromatic carbocycles. The Morgan fingerprint density at radius 3 is 1.03 bits per heavy atom. The highest BCUT2D eigenvalue weighted by Crippen LogP contribution is 2.72. The summed E-state index contributed by atoms with van der Waals surface area (Å²) in [7, 11) is 0. The van der Waals surface area contributed by atoms with Crippen LogP contribution in [0.25, 0.3) is 0 Å². The maximum atomic E-state index is 12.1. The summed E-state index contributed by atoms with van der Waals surface area (Å²) in [6, 6.07) is 0. The highest BCUT2D eigenvalue weighted by Gasteiger charge is 2.69. The van der Waals surface area contributed by atoms with Crippen LogP contribution in [0.2, 0.25) is 0 Å². The molecule has 4 unspecified atom stereocenters. The Hall–Kier alpha value is -4.04. The van der Waals surface area contributed by atoms with Crippen molar-refractivity contribution in [3.8, 4) is 0 Å². The first-order valence-electron chi connectivity index (χ1n) is 23.4. The Morgan fingerprint density at radius 1 is 0.415 bits per heavy atom. The van der Waals surface area contributed by atoms with E-state index in [1.807, 2.05) is 6.92 Å². The van der Waals surface area contributed by atoms with Crippen molar-refractivity contribution in [3.63, 3.8) is 0 Å². The van der Waals surface area contributed by atoms with E-state index < -0.39 is 59.2 Å². The number of carbonyl (C=O) groups excluding carboxylic acids is 6. The second kappa shape index (κ2) is 16.3. The molecule has 12 aliphatic carbocycles. The van der Waals surface area contributed by atoms with Crippen LogP contribution in [-0.2, 0) is 57.2 Å². The second-order valence-corrected chi connectivity index (χ2v) is 24.8. The summed E-state index contributed by atoms with van der Waals surface area (Å²) in [5.41, 5.74) is -2.42. The van der Waals surface area contributed by atoms with Crippen LogP contribution in [0.4, 0.5) is 0 Å². The number of carbonyl (C=O) groups is 6. The van der Waals surface area contributed by atoms with Gasteiger partial charge in [0.05, 0.1) is 11.2 Å². The van der Waals surface area contributed by atoms with E-state index in [-0.39, 0.29) is 46.1 Å². The van der Waals surface area contributed by atoms with Gasteiger partial charge in [0.2, 0.25) is 0 Å². The van der Waals surface area contributed by atoms with Gasteiger partial charge in [-0.2, -0.15) is 0 Å². The largest absolute Gasteiger partial charge is 0.457 e. The minimum Gasteiger partial charge on any atom is -0.457 e. The lowest BCUT2D eigenvalue weighted by molar-refractivity contribution is -0.282. The number of rotatable bonds is 12. The Labute approximate surface area is 383 Å². The summed E-state index contributed by atoms with van der Waals surface area (Å²) in [5, 5.41) is 21.4. The average molecular weight is 909 g/mol. The van der Waals surface area contributed by atoms with Crippen molar-refractivity contribution in [2.75, 3.05) is 19.8 Å². The normalized spacial score (nSPS) is 44.8. The Morgan fingerprint density at radius 2 is 0.708 bits per heavy atom. The SMILES string of the molecule is C=CC(=O)OCC(=O)OC12CC3(C)CC(C)(CC(C)(C3)C1)C2.C=CC(=O)OCC(=O)OC12CC3(C)CC(O)(CC(O)(C3)C1)C2.C=CC(=O)OCC(=O)OC12CC3CC(C)(CC(C)(C3)C1)C2. The van der Waals surface area contributed by atoms with Crippen molar-refractivity contribution < 1.29 is 67.4 Å². The van der Waals surface area contributed by atoms with Gasteiger partial charge in [0.25, 0.3) is 0 Å². The van der Waals surface area contributed by atoms with Gasteiger partial charge < -0.3 is 38.6 Å². The van der Waals surface area contributed by atoms with Gasteiger partial charge in [0.1, 0.15) is 16.8 Å². The number of hydrogen-bond donors (Lipinski definition) is 2. The van der Waals surface area contributed by atoms with E-state index in [2.05, 4.69) is 59.1 Å². The van der Waals surface area contributed by atoms with E-state index >= 15 is 0 Å². The van der Waals surface area contributed by atoms with Crippen molar-refractivity contribution in [1.29, 1.82) is 0 Å². The zero-order valence-electron chi connectivity index (χ0n) is 39.6. The maximum Gasteiger partial charge on any atom is 0.344 e. The molecule has 0 aliphatic heterocycles. The van der Waals surface area contributed by atoms with Crippen LogP contribution in [0.5, 0.6) is 0 Å². The van der Waals surface area contributed by atoms with Crippen LogP contribution >= 0.6 is 0 Å². The summed E-state index contributed by atoms with van der Waals surface area (Å²) in [6.07, 6.45) is 19.0. The number of aliphatic hydroxyl groups is 2. The van der Waals surface area contributed by atoms with Crippen LogP contribution < -0.4 is 0 Å². The molecule has 0 aromatic rings. The van der Waals surface area contributed by atoms with Gasteiger partial charge in [-0.3, -0.25) is 0 Å². The van der Waals surface area contributed by atoms with Crippen LogP contribution in [-0.4, -0.2) is 93.9 Å². The summed E-state index contributed by atoms with van der Waals surface area (Å²) in [5.74, 6) is -2.73. The van der Waals surface area contributed by atoms with Gasteiger partial charge in [0.15, 0.2) is 19.8 Å². The fraction of sp³-hybridized carbons (Fsp3) is 0.765. The molecule has 0 spiro atoms. The minimum atomic E-state index is -0.990. The predicted octanol–water partition coefficient (Wildman–Crippen LogP) is 7.25. The third-order valence-corrected chi connectivity index (χ3v) is 16.1. The van der Waals surface area contributed by atoms with Crippen LogP contribution in [0.1, 0.15) is 157 Å². The average Bonchev–Trinajstić information content (AvgIpc) is 3.09. The molecule has 14 heteroatoms. The monoisotopic (exact) mass is 908 g/mol. The van der Waals surface area contributed by atoms with Crippen molar-refractivity contribution in [3.05, 3.63) is 38.0 Å². The van der Waals surface area contributed by atoms with Crippen molar-refractivity contribution in [2.24, 2.45) is 38.4 Å². The first kappa shape index (κ1) is 48.9. The summed E-state index contributed by atoms with van der Waals surface area (Å²) in [6.45, 7) is 22.4. The zero-order chi connectivity index (χ0) is 47.8. The van der Waals surface area contributed by atoms with Crippen molar-refractivity contribution in [1.82, 2.24) is 0 Å². The van der Waals surface area contributed by atoms with Gasteiger partial charge in [-0.25, -0.2) is 28.8 Å². The van der Waals surface area contributed by atoms with E-state index in [0.717, 1.165) is 56.8 Å². The second-order valence-electron chi connectivity index (χ2n) is 24.8. The molecule has 0 radical (unpaired) electrons. The highest BCUT2D eigenvalue weighted by atomic mass is 16.6. The smallest absolute Gasteiger partial charge is 0.344 e. The molecule has 0 amide bonds. The van der Waals surface area contributed by atoms with Gasteiger partial charge in [-0.1, -0.05) is 61.3 Å². The zero-order valence-corrected chi connectivity index (χ0v) is 39.6. The number of ether oxygens (including phenoxy) is 6. The lowest BCUT2D eigenvalue weighted by Gasteiger charge is -2.68. The van der Waals surface area contributed by atoms with E-state index in [1.165, 1.54) is 38.5 Å². The van der Waals surface area contributed by atoms with Gasteiger partial charge >= 0.3 is 35.8 Å². The fourth-order valence-electron chi connectivity index (χ4n) is 18.2. The fourth-order valence-corrected chi connectivity index (χ4v) is 18.2. The Balaban J connectivity index is 0.000000145. The van der Waals surface area contributed by atoms with E-state index in [0.29, 0.717) is 55.3 Å². The van der Waals surface area contributed by atoms with Crippen molar-refractivity contribution in [2.45, 2.75) is 185 Å². The molecular weight excluding hydrogens is 837 g/mol. The topological polar surface area (TPSA) is 198 Å². The molecule has 65 heavy (non-hydrogen) atoms. The quantitative estimate of drug-likeness (QED) is 0.113. The Bertz CT molecular complexity index is 1800. The van der Waals surface area contributed by atoms with Crippen LogP contribution in [0.15, 0.2) is 38.0 Å². The maximum absolute atomic E-state index is 12.1. The van der Waals surface area contributed by atoms with E-state index in [1.54, 1.807) is 0 Å². The first-order valence-corrected chi connectivity index (χ1v) is 23.4. The lowest BCUT2D eigenvalue weighted by Crippen LogP contribution is -2.69. The first-order chi connectivity index (χ1) is 29.9. The van der Waals surface area contributed by atoms with Crippen LogP contribution in [0.3, 0.4) is 0 Å². The standard InChI is InChI=1S/C18H26O4.C17H24O4.C16H22O6/c1-5-13(19)21-6-14(20)22-18-10-15(2)7-16(3,11-18)9-17(4,8-15)12-18;1-4-13(18)20-8-14(19)21-17-7-12-5-15(2,10-17)9-16(3,6-12)11-17;1-3-11(17)21-4-12(18)22-16-7-13(2)5-14(19,9-16)8-15(20,6-13)10-16/h5H,1,6-12H2,2-4H3;4,12H,1,5-11H2,2-3H3;3,19-20H,1,4-10H2,2H3. The highest BCUT2D eigenvalue weighted by molar-refractivity contribution is 5.85. The molecule has 12 bridgehead atoms. The molecule has 0 heterocycles. The Kier molecular flexibility index (Phi) is 12.3. The molecule has 14 nitrogen and oxygen atoms in total. The molecule has 12 saturated carbocycles. The summed E-state index contributed by atoms with van der Waals surface area (Å²) in [4.78, 5) is 69.2. The molecule has 0 saturated heterocycles. The summed E-state index contributed by atoms with van der Waals surface area (Å²) < 4.78 is 31.6. The van der Waals surface area contributed by atoms with Gasteiger partial charge in [-0.15, -0.1) is 0 Å². The van der Waals surface area contributed by atoms with E-state index in [4.69, 9.17) is 23.7 Å².